The van der Waals surface area contributed by atoms with Crippen LogP contribution in [0.2, 0.25) is 0 Å². The van der Waals surface area contributed by atoms with Crippen LogP contribution >= 0.6 is 7.14 Å². The Hall–Kier alpha value is -2.36. The van der Waals surface area contributed by atoms with E-state index in [0.29, 0.717) is 10.6 Å². The summed E-state index contributed by atoms with van der Waals surface area (Å²) < 4.78 is 72.0. The summed E-state index contributed by atoms with van der Waals surface area (Å²) in [5.74, 6) is -0.947. The molecule has 2 fully saturated rings. The molecule has 0 unspecified atom stereocenters. The highest BCUT2D eigenvalue weighted by Crippen LogP contribution is 2.48. The summed E-state index contributed by atoms with van der Waals surface area (Å²) in [6, 6.07) is 24.4. The molecular formula is C29H33O8PS. The van der Waals surface area contributed by atoms with Gasteiger partial charge in [0, 0.05) is 23.9 Å². The van der Waals surface area contributed by atoms with Crippen molar-refractivity contribution in [2.45, 2.75) is 62.2 Å². The third kappa shape index (κ3) is 5.77. The maximum atomic E-state index is 15.0. The van der Waals surface area contributed by atoms with Gasteiger partial charge in [-0.3, -0.25) is 4.18 Å². The first-order valence-electron chi connectivity index (χ1n) is 12.8. The number of hydrogen-bond donors (Lipinski definition) is 0. The van der Waals surface area contributed by atoms with E-state index in [1.165, 1.54) is 19.2 Å². The van der Waals surface area contributed by atoms with E-state index in [1.807, 2.05) is 43.3 Å². The smallest absolute Gasteiger partial charge is 0.297 e. The van der Waals surface area contributed by atoms with Gasteiger partial charge < -0.3 is 23.5 Å². The van der Waals surface area contributed by atoms with Gasteiger partial charge in [-0.1, -0.05) is 78.4 Å². The van der Waals surface area contributed by atoms with Gasteiger partial charge in [0.05, 0.1) is 4.90 Å². The second kappa shape index (κ2) is 10.9. The Balaban J connectivity index is 1.59. The Morgan fingerprint density at radius 1 is 0.872 bits per heavy atom. The Morgan fingerprint density at radius 3 is 1.95 bits per heavy atom. The van der Waals surface area contributed by atoms with E-state index in [0.717, 1.165) is 5.56 Å². The molecule has 0 aliphatic carbocycles. The van der Waals surface area contributed by atoms with E-state index < -0.39 is 53.8 Å². The van der Waals surface area contributed by atoms with E-state index in [4.69, 9.17) is 23.1 Å². The molecule has 0 amide bonds. The molecule has 208 valence electrons. The molecule has 2 heterocycles. The van der Waals surface area contributed by atoms with Gasteiger partial charge in [-0.25, -0.2) is 0 Å². The quantitative estimate of drug-likeness (QED) is 0.281. The molecule has 0 N–H and O–H groups in total. The van der Waals surface area contributed by atoms with Crippen molar-refractivity contribution < 1.29 is 36.1 Å². The van der Waals surface area contributed by atoms with Crippen LogP contribution in [0.3, 0.4) is 0 Å². The minimum Gasteiger partial charge on any atom is -0.353 e. The van der Waals surface area contributed by atoms with Gasteiger partial charge in [0.2, 0.25) is 0 Å². The lowest BCUT2D eigenvalue weighted by atomic mass is 10.1. The molecule has 2 aliphatic heterocycles. The molecule has 10 heteroatoms. The highest BCUT2D eigenvalue weighted by molar-refractivity contribution is 7.86. The lowest BCUT2D eigenvalue weighted by molar-refractivity contribution is -0.234. The van der Waals surface area contributed by atoms with Crippen molar-refractivity contribution in [3.63, 3.8) is 0 Å². The van der Waals surface area contributed by atoms with Gasteiger partial charge in [0.1, 0.15) is 31.6 Å². The van der Waals surface area contributed by atoms with Gasteiger partial charge >= 0.3 is 0 Å². The summed E-state index contributed by atoms with van der Waals surface area (Å²) in [5.41, 5.74) is 0.909. The Labute approximate surface area is 229 Å². The predicted molar refractivity (Wildman–Crippen MR) is 147 cm³/mol. The first-order valence-corrected chi connectivity index (χ1v) is 16.1. The number of hydrogen-bond acceptors (Lipinski definition) is 8. The molecule has 0 radical (unpaired) electrons. The minimum atomic E-state index is -4.27. The maximum absolute atomic E-state index is 15.0. The summed E-state index contributed by atoms with van der Waals surface area (Å²) in [5, 5.41) is 1.17. The Bertz CT molecular complexity index is 1380. The highest BCUT2D eigenvalue weighted by atomic mass is 32.2. The fourth-order valence-electron chi connectivity index (χ4n) is 5.14. The van der Waals surface area contributed by atoms with E-state index in [2.05, 4.69) is 0 Å². The average molecular weight is 573 g/mol. The van der Waals surface area contributed by atoms with Crippen molar-refractivity contribution in [2.24, 2.45) is 0 Å². The highest BCUT2D eigenvalue weighted by Gasteiger charge is 2.59. The summed E-state index contributed by atoms with van der Waals surface area (Å²) in [6.07, 6.45) is -4.42. The summed E-state index contributed by atoms with van der Waals surface area (Å²) in [4.78, 5) is -0.00545. The van der Waals surface area contributed by atoms with Gasteiger partial charge in [0.15, 0.2) is 12.1 Å². The zero-order chi connectivity index (χ0) is 27.8. The van der Waals surface area contributed by atoms with Crippen LogP contribution in [0, 0.1) is 6.92 Å². The first kappa shape index (κ1) is 28.2. The van der Waals surface area contributed by atoms with E-state index in [9.17, 15) is 13.0 Å². The topological polar surface area (TPSA) is 97.4 Å². The fourth-order valence-corrected chi connectivity index (χ4v) is 9.14. The standard InChI is InChI=1S/C29H33O8PS/c1-20-15-17-23(18-16-20)39(31,32)37-24(25-26-27(28(33-4)34-25)36-29(2,3)35-26)19-38(30,21-11-7-5-8-12-21)22-13-9-6-10-14-22/h5-18,24-28H,19H2,1-4H3/t24-,25-,26+,27+,28+/m1/s1. The molecule has 2 aliphatic rings. The van der Waals surface area contributed by atoms with Crippen LogP contribution in [0.5, 0.6) is 0 Å². The van der Waals surface area contributed by atoms with Crippen molar-refractivity contribution in [3.8, 4) is 0 Å². The van der Waals surface area contributed by atoms with Gasteiger partial charge in [-0.15, -0.1) is 0 Å². The second-order valence-corrected chi connectivity index (χ2v) is 14.7. The van der Waals surface area contributed by atoms with E-state index in [1.54, 1.807) is 50.2 Å². The predicted octanol–water partition coefficient (Wildman–Crippen LogP) is 3.97. The molecule has 5 rings (SSSR count). The lowest BCUT2D eigenvalue weighted by Gasteiger charge is -2.31. The van der Waals surface area contributed by atoms with Crippen LogP contribution in [-0.2, 0) is 37.8 Å². The number of methoxy groups -OCH3 is 1. The molecule has 3 aromatic carbocycles. The normalized spacial score (nSPS) is 25.3. The van der Waals surface area contributed by atoms with Gasteiger partial charge in [0.25, 0.3) is 10.1 Å². The Kier molecular flexibility index (Phi) is 7.87. The maximum Gasteiger partial charge on any atom is 0.297 e. The third-order valence-electron chi connectivity index (χ3n) is 6.99. The summed E-state index contributed by atoms with van der Waals surface area (Å²) in [6.45, 7) is 5.41. The van der Waals surface area contributed by atoms with Crippen molar-refractivity contribution >= 4 is 27.9 Å². The number of fused-ring (bicyclic) bond motifs is 1. The molecular weight excluding hydrogens is 539 g/mol. The number of ether oxygens (including phenoxy) is 4. The summed E-state index contributed by atoms with van der Waals surface area (Å²) in [7, 11) is -6.21. The number of rotatable bonds is 9. The Morgan fingerprint density at radius 2 is 1.41 bits per heavy atom. The van der Waals surface area contributed by atoms with Crippen LogP contribution in [0.25, 0.3) is 0 Å². The largest absolute Gasteiger partial charge is 0.353 e. The van der Waals surface area contributed by atoms with Crippen LogP contribution in [-0.4, -0.2) is 58.2 Å². The van der Waals surface area contributed by atoms with Crippen LogP contribution < -0.4 is 10.6 Å². The molecule has 2 saturated heterocycles. The van der Waals surface area contributed by atoms with Gasteiger partial charge in [-0.2, -0.15) is 8.42 Å². The fraction of sp³-hybridized carbons (Fsp3) is 0.379. The SMILES string of the molecule is CO[C@H]1O[C@H]([C@@H](CP(=O)(c2ccccc2)c2ccccc2)OS(=O)(=O)c2ccc(C)cc2)[C@@H]2OC(C)(C)O[C@H]12. The molecule has 0 spiro atoms. The minimum absolute atomic E-state index is 0.00545. The molecule has 39 heavy (non-hydrogen) atoms. The van der Waals surface area contributed by atoms with E-state index >= 15 is 0 Å². The van der Waals surface area contributed by atoms with Crippen LogP contribution in [0.15, 0.2) is 89.8 Å². The van der Waals surface area contributed by atoms with Crippen molar-refractivity contribution in [1.29, 1.82) is 0 Å². The van der Waals surface area contributed by atoms with Crippen LogP contribution in [0.1, 0.15) is 19.4 Å². The molecule has 5 atom stereocenters. The zero-order valence-corrected chi connectivity index (χ0v) is 24.0. The molecule has 0 bridgehead atoms. The number of aryl methyl sites for hydroxylation is 1. The molecule has 3 aromatic rings. The van der Waals surface area contributed by atoms with Crippen LogP contribution in [0.4, 0.5) is 0 Å². The third-order valence-corrected chi connectivity index (χ3v) is 11.5. The van der Waals surface area contributed by atoms with Gasteiger partial charge in [-0.05, 0) is 32.9 Å². The summed E-state index contributed by atoms with van der Waals surface area (Å²) >= 11 is 0. The lowest BCUT2D eigenvalue weighted by Crippen LogP contribution is -2.44. The molecule has 0 aromatic heterocycles. The molecule has 0 saturated carbocycles. The first-order chi connectivity index (χ1) is 18.5. The second-order valence-electron chi connectivity index (χ2n) is 10.3. The van der Waals surface area contributed by atoms with Crippen molar-refractivity contribution in [3.05, 3.63) is 90.5 Å². The average Bonchev–Trinajstić information content (AvgIpc) is 3.42. The van der Waals surface area contributed by atoms with Crippen molar-refractivity contribution in [2.75, 3.05) is 13.3 Å². The van der Waals surface area contributed by atoms with Crippen molar-refractivity contribution in [1.82, 2.24) is 0 Å². The number of benzene rings is 3. The zero-order valence-electron chi connectivity index (χ0n) is 22.3. The molecule has 8 nitrogen and oxygen atoms in total. The monoisotopic (exact) mass is 572 g/mol. The van der Waals surface area contributed by atoms with E-state index in [-0.39, 0.29) is 11.1 Å².